The van der Waals surface area contributed by atoms with Crippen molar-refractivity contribution < 1.29 is 9.59 Å². The Morgan fingerprint density at radius 1 is 1.29 bits per heavy atom. The summed E-state index contributed by atoms with van der Waals surface area (Å²) in [6.45, 7) is 4.52. The van der Waals surface area contributed by atoms with Crippen molar-refractivity contribution in [1.82, 2.24) is 9.80 Å². The molecule has 17 heavy (non-hydrogen) atoms. The van der Waals surface area contributed by atoms with Crippen molar-refractivity contribution in [3.05, 3.63) is 0 Å². The normalized spacial score (nSPS) is 37.1. The third-order valence-electron chi connectivity index (χ3n) is 4.50. The summed E-state index contributed by atoms with van der Waals surface area (Å²) in [7, 11) is 0. The van der Waals surface area contributed by atoms with Gasteiger partial charge in [-0.2, -0.15) is 0 Å². The molecule has 1 aliphatic carbocycles. The molecule has 3 rings (SSSR count). The van der Waals surface area contributed by atoms with E-state index in [1.54, 1.807) is 4.90 Å². The van der Waals surface area contributed by atoms with Gasteiger partial charge in [-0.05, 0) is 31.1 Å². The predicted molar refractivity (Wildman–Crippen MR) is 63.2 cm³/mol. The summed E-state index contributed by atoms with van der Waals surface area (Å²) >= 11 is 0. The molecule has 4 nitrogen and oxygen atoms in total. The lowest BCUT2D eigenvalue weighted by molar-refractivity contribution is -0.139. The lowest BCUT2D eigenvalue weighted by Crippen LogP contribution is -2.44. The van der Waals surface area contributed by atoms with Crippen LogP contribution in [-0.2, 0) is 9.59 Å². The molecule has 3 fully saturated rings. The Kier molecular flexibility index (Phi) is 2.60. The number of carbonyl (C=O) groups is 2. The van der Waals surface area contributed by atoms with Gasteiger partial charge in [-0.25, -0.2) is 0 Å². The summed E-state index contributed by atoms with van der Waals surface area (Å²) < 4.78 is 0. The van der Waals surface area contributed by atoms with Gasteiger partial charge in [0.25, 0.3) is 0 Å². The van der Waals surface area contributed by atoms with E-state index in [2.05, 4.69) is 6.92 Å². The molecule has 0 aromatic rings. The minimum atomic E-state index is -0.140. The summed E-state index contributed by atoms with van der Waals surface area (Å²) in [5.41, 5.74) is 0. The first-order valence-electron chi connectivity index (χ1n) is 6.75. The zero-order valence-corrected chi connectivity index (χ0v) is 10.4. The molecule has 0 aromatic heterocycles. The minimum absolute atomic E-state index is 0.140. The van der Waals surface area contributed by atoms with E-state index in [9.17, 15) is 9.59 Å². The van der Waals surface area contributed by atoms with Gasteiger partial charge in [-0.15, -0.1) is 0 Å². The molecule has 94 valence electrons. The molecule has 3 unspecified atom stereocenters. The maximum Gasteiger partial charge on any atom is 0.245 e. The van der Waals surface area contributed by atoms with E-state index in [1.807, 2.05) is 4.90 Å². The molecule has 1 saturated carbocycles. The molecule has 2 aliphatic heterocycles. The van der Waals surface area contributed by atoms with Crippen molar-refractivity contribution >= 4 is 11.8 Å². The van der Waals surface area contributed by atoms with Crippen LogP contribution in [0.3, 0.4) is 0 Å². The first kappa shape index (κ1) is 11.1. The van der Waals surface area contributed by atoms with Crippen molar-refractivity contribution in [2.24, 2.45) is 11.8 Å². The smallest absolute Gasteiger partial charge is 0.245 e. The Bertz CT molecular complexity index is 355. The minimum Gasteiger partial charge on any atom is -0.340 e. The second-order valence-electron chi connectivity index (χ2n) is 5.75. The Balaban J connectivity index is 1.72. The fourth-order valence-electron chi connectivity index (χ4n) is 3.13. The van der Waals surface area contributed by atoms with Crippen LogP contribution in [0.4, 0.5) is 0 Å². The van der Waals surface area contributed by atoms with Crippen LogP contribution >= 0.6 is 0 Å². The molecule has 3 atom stereocenters. The molecule has 4 heteroatoms. The quantitative estimate of drug-likeness (QED) is 0.713. The van der Waals surface area contributed by atoms with Gasteiger partial charge in [0.15, 0.2) is 0 Å². The summed E-state index contributed by atoms with van der Waals surface area (Å²) in [6, 6.07) is -0.140. The Hall–Kier alpha value is -1.06. The molecular formula is C13H20N2O2. The highest BCUT2D eigenvalue weighted by Gasteiger charge is 2.42. The van der Waals surface area contributed by atoms with Gasteiger partial charge in [-0.1, -0.05) is 6.92 Å². The van der Waals surface area contributed by atoms with Crippen LogP contribution in [0.1, 0.15) is 32.6 Å². The van der Waals surface area contributed by atoms with E-state index in [0.717, 1.165) is 31.8 Å². The lowest BCUT2D eigenvalue weighted by atomic mass is 10.2. The zero-order valence-electron chi connectivity index (χ0n) is 10.4. The van der Waals surface area contributed by atoms with Crippen LogP contribution in [0, 0.1) is 11.8 Å². The van der Waals surface area contributed by atoms with Crippen LogP contribution in [-0.4, -0.2) is 47.3 Å². The van der Waals surface area contributed by atoms with Gasteiger partial charge in [-0.3, -0.25) is 9.59 Å². The van der Waals surface area contributed by atoms with Gasteiger partial charge in [0, 0.05) is 26.1 Å². The maximum absolute atomic E-state index is 12.4. The lowest BCUT2D eigenvalue weighted by Gasteiger charge is -2.25. The number of nitrogens with zero attached hydrogens (tertiary/aromatic N) is 2. The Morgan fingerprint density at radius 2 is 2.06 bits per heavy atom. The summed E-state index contributed by atoms with van der Waals surface area (Å²) in [5, 5.41) is 0. The van der Waals surface area contributed by atoms with Crippen molar-refractivity contribution in [1.29, 1.82) is 0 Å². The van der Waals surface area contributed by atoms with Gasteiger partial charge < -0.3 is 9.80 Å². The largest absolute Gasteiger partial charge is 0.340 e. The number of carbonyl (C=O) groups excluding carboxylic acids is 2. The molecule has 3 aliphatic rings. The molecular weight excluding hydrogens is 216 g/mol. The van der Waals surface area contributed by atoms with Crippen molar-refractivity contribution in [3.63, 3.8) is 0 Å². The number of hydrogen-bond acceptors (Lipinski definition) is 2. The molecule has 0 N–H and O–H groups in total. The predicted octanol–water partition coefficient (Wildman–Crippen LogP) is 0.866. The van der Waals surface area contributed by atoms with Crippen LogP contribution in [0.5, 0.6) is 0 Å². The molecule has 0 radical (unpaired) electrons. The second-order valence-corrected chi connectivity index (χ2v) is 5.75. The first-order chi connectivity index (χ1) is 8.16. The fraction of sp³-hybridized carbons (Fsp3) is 0.846. The van der Waals surface area contributed by atoms with Gasteiger partial charge in [0.05, 0.1) is 0 Å². The molecule has 0 spiro atoms. The standard InChI is InChI=1S/C13H20N2O2/c1-9-7-10(9)8-14-6-4-12(16)15-5-2-3-11(15)13(14)17/h9-11H,2-8H2,1H3. The van der Waals surface area contributed by atoms with Crippen LogP contribution in [0.25, 0.3) is 0 Å². The maximum atomic E-state index is 12.4. The molecule has 2 amide bonds. The summed E-state index contributed by atoms with van der Waals surface area (Å²) in [6.07, 6.45) is 3.60. The van der Waals surface area contributed by atoms with Gasteiger partial charge >= 0.3 is 0 Å². The number of amides is 2. The monoisotopic (exact) mass is 236 g/mol. The number of fused-ring (bicyclic) bond motifs is 1. The van der Waals surface area contributed by atoms with E-state index < -0.39 is 0 Å². The van der Waals surface area contributed by atoms with Crippen molar-refractivity contribution in [2.45, 2.75) is 38.6 Å². The fourth-order valence-corrected chi connectivity index (χ4v) is 3.13. The van der Waals surface area contributed by atoms with Gasteiger partial charge in [0.1, 0.15) is 6.04 Å². The first-order valence-corrected chi connectivity index (χ1v) is 6.75. The number of rotatable bonds is 2. The van der Waals surface area contributed by atoms with E-state index in [1.165, 1.54) is 6.42 Å². The van der Waals surface area contributed by atoms with E-state index in [-0.39, 0.29) is 17.9 Å². The highest BCUT2D eigenvalue weighted by molar-refractivity contribution is 5.90. The van der Waals surface area contributed by atoms with Gasteiger partial charge in [0.2, 0.25) is 11.8 Å². The van der Waals surface area contributed by atoms with Crippen LogP contribution in [0.15, 0.2) is 0 Å². The topological polar surface area (TPSA) is 40.6 Å². The summed E-state index contributed by atoms with van der Waals surface area (Å²) in [4.78, 5) is 28.0. The van der Waals surface area contributed by atoms with E-state index in [4.69, 9.17) is 0 Å². The highest BCUT2D eigenvalue weighted by atomic mass is 16.2. The molecule has 2 heterocycles. The second kappa shape index (κ2) is 4.00. The third-order valence-corrected chi connectivity index (χ3v) is 4.50. The van der Waals surface area contributed by atoms with Crippen LogP contribution < -0.4 is 0 Å². The van der Waals surface area contributed by atoms with Crippen LogP contribution in [0.2, 0.25) is 0 Å². The van der Waals surface area contributed by atoms with Crippen molar-refractivity contribution in [3.8, 4) is 0 Å². The van der Waals surface area contributed by atoms with E-state index >= 15 is 0 Å². The highest BCUT2D eigenvalue weighted by Crippen LogP contribution is 2.38. The number of hydrogen-bond donors (Lipinski definition) is 0. The molecule has 2 saturated heterocycles. The van der Waals surface area contributed by atoms with Crippen molar-refractivity contribution in [2.75, 3.05) is 19.6 Å². The van der Waals surface area contributed by atoms with E-state index in [0.29, 0.717) is 18.9 Å². The molecule has 0 aromatic carbocycles. The average Bonchev–Trinajstić information content (AvgIpc) is 2.83. The average molecular weight is 236 g/mol. The third kappa shape index (κ3) is 1.94. The SMILES string of the molecule is CC1CC1CN1CCC(=O)N2CCCC2C1=O. The zero-order chi connectivity index (χ0) is 12.0. The Morgan fingerprint density at radius 3 is 2.76 bits per heavy atom. The summed E-state index contributed by atoms with van der Waals surface area (Å²) in [5.74, 6) is 1.82. The Labute approximate surface area is 102 Å². The molecule has 0 bridgehead atoms.